The molecule has 112 valence electrons. The number of rotatable bonds is 6. The number of carbonyl (C=O) groups is 1. The molecule has 0 bridgehead atoms. The van der Waals surface area contributed by atoms with E-state index in [0.29, 0.717) is 17.1 Å². The molecular formula is C16H25NO3. The van der Waals surface area contributed by atoms with Crippen molar-refractivity contribution in [2.24, 2.45) is 11.1 Å². The Balaban J connectivity index is 2.92. The van der Waals surface area contributed by atoms with Gasteiger partial charge in [0, 0.05) is 12.5 Å². The average molecular weight is 279 g/mol. The molecule has 1 rings (SSSR count). The summed E-state index contributed by atoms with van der Waals surface area (Å²) in [5.74, 6) is 1.01. The van der Waals surface area contributed by atoms with E-state index in [-0.39, 0.29) is 23.7 Å². The van der Waals surface area contributed by atoms with E-state index in [1.54, 1.807) is 32.4 Å². The Morgan fingerprint density at radius 2 is 1.70 bits per heavy atom. The van der Waals surface area contributed by atoms with Crippen molar-refractivity contribution in [3.63, 3.8) is 0 Å². The van der Waals surface area contributed by atoms with Crippen LogP contribution in [0.15, 0.2) is 18.2 Å². The Hall–Kier alpha value is -1.55. The van der Waals surface area contributed by atoms with Crippen molar-refractivity contribution in [2.45, 2.75) is 39.7 Å². The summed E-state index contributed by atoms with van der Waals surface area (Å²) >= 11 is 0. The summed E-state index contributed by atoms with van der Waals surface area (Å²) in [6, 6.07) is 5.14. The fourth-order valence-electron chi connectivity index (χ4n) is 2.32. The third-order valence-electron chi connectivity index (χ3n) is 3.03. The minimum absolute atomic E-state index is 0.0453. The van der Waals surface area contributed by atoms with Crippen LogP contribution in [-0.2, 0) is 0 Å². The van der Waals surface area contributed by atoms with Crippen molar-refractivity contribution in [3.05, 3.63) is 23.8 Å². The van der Waals surface area contributed by atoms with Crippen molar-refractivity contribution in [1.82, 2.24) is 0 Å². The van der Waals surface area contributed by atoms with Crippen LogP contribution < -0.4 is 15.2 Å². The van der Waals surface area contributed by atoms with Crippen LogP contribution in [0, 0.1) is 5.41 Å². The van der Waals surface area contributed by atoms with Crippen molar-refractivity contribution < 1.29 is 14.3 Å². The third-order valence-corrected chi connectivity index (χ3v) is 3.03. The molecule has 0 amide bonds. The molecule has 0 aliphatic carbocycles. The Morgan fingerprint density at radius 1 is 1.20 bits per heavy atom. The van der Waals surface area contributed by atoms with Crippen LogP contribution in [0.1, 0.15) is 44.0 Å². The van der Waals surface area contributed by atoms with Crippen molar-refractivity contribution in [1.29, 1.82) is 0 Å². The predicted octanol–water partition coefficient (Wildman–Crippen LogP) is 3.04. The summed E-state index contributed by atoms with van der Waals surface area (Å²) in [5.41, 5.74) is 6.65. The van der Waals surface area contributed by atoms with E-state index >= 15 is 0 Å². The molecule has 0 aromatic heterocycles. The zero-order valence-electron chi connectivity index (χ0n) is 13.0. The number of ketones is 1. The lowest BCUT2D eigenvalue weighted by molar-refractivity contribution is 0.0962. The van der Waals surface area contributed by atoms with Gasteiger partial charge in [-0.05, 0) is 24.0 Å². The number of nitrogens with two attached hydrogens (primary N) is 1. The molecule has 1 aromatic rings. The first kappa shape index (κ1) is 16.5. The second-order valence-corrected chi connectivity index (χ2v) is 6.19. The first-order valence-corrected chi connectivity index (χ1v) is 6.78. The molecule has 0 aliphatic heterocycles. The highest BCUT2D eigenvalue weighted by Crippen LogP contribution is 2.30. The van der Waals surface area contributed by atoms with Gasteiger partial charge in [0.2, 0.25) is 0 Å². The lowest BCUT2D eigenvalue weighted by atomic mass is 9.86. The second-order valence-electron chi connectivity index (χ2n) is 6.19. The molecule has 1 atom stereocenters. The summed E-state index contributed by atoms with van der Waals surface area (Å²) in [4.78, 5) is 12.5. The van der Waals surface area contributed by atoms with Crippen molar-refractivity contribution >= 4 is 5.78 Å². The molecule has 0 heterocycles. The van der Waals surface area contributed by atoms with Gasteiger partial charge in [0.25, 0.3) is 0 Å². The molecular weight excluding hydrogens is 254 g/mol. The van der Waals surface area contributed by atoms with Crippen molar-refractivity contribution in [2.75, 3.05) is 14.2 Å². The smallest absolute Gasteiger partial charge is 0.171 e. The van der Waals surface area contributed by atoms with Gasteiger partial charge in [-0.15, -0.1) is 0 Å². The highest BCUT2D eigenvalue weighted by atomic mass is 16.5. The van der Waals surface area contributed by atoms with Gasteiger partial charge in [-0.2, -0.15) is 0 Å². The van der Waals surface area contributed by atoms with Crippen LogP contribution in [0.3, 0.4) is 0 Å². The molecule has 1 unspecified atom stereocenters. The van der Waals surface area contributed by atoms with Gasteiger partial charge in [0.1, 0.15) is 17.1 Å². The van der Waals surface area contributed by atoms with E-state index in [1.807, 2.05) is 0 Å². The van der Waals surface area contributed by atoms with Crippen LogP contribution in [0.2, 0.25) is 0 Å². The first-order chi connectivity index (χ1) is 9.28. The first-order valence-electron chi connectivity index (χ1n) is 6.78. The van der Waals surface area contributed by atoms with Crippen LogP contribution >= 0.6 is 0 Å². The molecule has 0 spiro atoms. The zero-order valence-corrected chi connectivity index (χ0v) is 13.0. The highest BCUT2D eigenvalue weighted by molar-refractivity contribution is 6.01. The largest absolute Gasteiger partial charge is 0.496 e. The number of hydrogen-bond donors (Lipinski definition) is 1. The van der Waals surface area contributed by atoms with Crippen LogP contribution in [0.4, 0.5) is 0 Å². The Morgan fingerprint density at radius 3 is 2.10 bits per heavy atom. The van der Waals surface area contributed by atoms with E-state index < -0.39 is 0 Å². The number of ether oxygens (including phenoxy) is 2. The van der Waals surface area contributed by atoms with Gasteiger partial charge in [-0.3, -0.25) is 4.79 Å². The van der Waals surface area contributed by atoms with Crippen LogP contribution in [-0.4, -0.2) is 26.0 Å². The fraction of sp³-hybridized carbons (Fsp3) is 0.562. The van der Waals surface area contributed by atoms with E-state index in [2.05, 4.69) is 20.8 Å². The summed E-state index contributed by atoms with van der Waals surface area (Å²) in [6.07, 6.45) is 1.07. The molecule has 4 nitrogen and oxygen atoms in total. The Kier molecular flexibility index (Phi) is 5.57. The maximum Gasteiger partial charge on any atom is 0.171 e. The summed E-state index contributed by atoms with van der Waals surface area (Å²) in [7, 11) is 3.08. The Bertz CT molecular complexity index is 441. The zero-order chi connectivity index (χ0) is 15.3. The Labute approximate surface area is 121 Å². The van der Waals surface area contributed by atoms with Gasteiger partial charge < -0.3 is 15.2 Å². The van der Waals surface area contributed by atoms with Crippen molar-refractivity contribution in [3.8, 4) is 11.5 Å². The summed E-state index contributed by atoms with van der Waals surface area (Å²) < 4.78 is 10.5. The molecule has 2 N–H and O–H groups in total. The minimum Gasteiger partial charge on any atom is -0.496 e. The topological polar surface area (TPSA) is 61.5 Å². The molecule has 0 radical (unpaired) electrons. The average Bonchev–Trinajstić information content (AvgIpc) is 2.35. The van der Waals surface area contributed by atoms with Gasteiger partial charge in [0.15, 0.2) is 5.78 Å². The molecule has 0 fully saturated rings. The molecule has 0 saturated carbocycles. The quantitative estimate of drug-likeness (QED) is 0.813. The highest BCUT2D eigenvalue weighted by Gasteiger charge is 2.23. The standard InChI is InChI=1S/C16H25NO3/c1-16(2,3)10-11(17)9-12(18)15-13(19-4)7-6-8-14(15)20-5/h6-8,11H,9-10,17H2,1-5H3. The van der Waals surface area contributed by atoms with Gasteiger partial charge in [0.05, 0.1) is 14.2 Å². The number of Topliss-reactive ketones (excluding diaryl/α,β-unsaturated/α-hetero) is 1. The SMILES string of the molecule is COc1cccc(OC)c1C(=O)CC(N)CC(C)(C)C. The number of methoxy groups -OCH3 is 2. The van der Waals surface area contributed by atoms with E-state index in [9.17, 15) is 4.79 Å². The van der Waals surface area contributed by atoms with E-state index in [1.165, 1.54) is 0 Å². The normalized spacial score (nSPS) is 12.9. The van der Waals surface area contributed by atoms with E-state index in [4.69, 9.17) is 15.2 Å². The fourth-order valence-corrected chi connectivity index (χ4v) is 2.32. The summed E-state index contributed by atoms with van der Waals surface area (Å²) in [5, 5.41) is 0. The lowest BCUT2D eigenvalue weighted by Gasteiger charge is -2.23. The van der Waals surface area contributed by atoms with Gasteiger partial charge in [-0.1, -0.05) is 26.8 Å². The van der Waals surface area contributed by atoms with Gasteiger partial charge >= 0.3 is 0 Å². The monoisotopic (exact) mass is 279 g/mol. The molecule has 4 heteroatoms. The maximum absolute atomic E-state index is 12.5. The maximum atomic E-state index is 12.5. The number of carbonyl (C=O) groups excluding carboxylic acids is 1. The predicted molar refractivity (Wildman–Crippen MR) is 80.5 cm³/mol. The second kappa shape index (κ2) is 6.75. The minimum atomic E-state index is -0.169. The number of benzene rings is 1. The molecule has 0 aliphatic rings. The summed E-state index contributed by atoms with van der Waals surface area (Å²) in [6.45, 7) is 6.34. The molecule has 0 saturated heterocycles. The molecule has 20 heavy (non-hydrogen) atoms. The molecule has 1 aromatic carbocycles. The number of hydrogen-bond acceptors (Lipinski definition) is 4. The van der Waals surface area contributed by atoms with Gasteiger partial charge in [-0.25, -0.2) is 0 Å². The third kappa shape index (κ3) is 4.53. The lowest BCUT2D eigenvalue weighted by Crippen LogP contribution is -2.29. The van der Waals surface area contributed by atoms with Crippen LogP contribution in [0.25, 0.3) is 0 Å². The van der Waals surface area contributed by atoms with Crippen LogP contribution in [0.5, 0.6) is 11.5 Å². The van der Waals surface area contributed by atoms with E-state index in [0.717, 1.165) is 6.42 Å².